The lowest BCUT2D eigenvalue weighted by molar-refractivity contribution is -0.119. The van der Waals surface area contributed by atoms with Crippen LogP contribution in [0.3, 0.4) is 0 Å². The third kappa shape index (κ3) is 5.77. The molecule has 2 saturated heterocycles. The number of halogens is 2. The zero-order valence-corrected chi connectivity index (χ0v) is 19.9. The van der Waals surface area contributed by atoms with Gasteiger partial charge in [-0.15, -0.1) is 0 Å². The van der Waals surface area contributed by atoms with Gasteiger partial charge in [-0.05, 0) is 24.3 Å². The van der Waals surface area contributed by atoms with E-state index in [-0.39, 0.29) is 67.7 Å². The largest absolute Gasteiger partial charge is 0.478 e. The van der Waals surface area contributed by atoms with E-state index in [1.165, 1.54) is 41.1 Å². The first kappa shape index (κ1) is 25.8. The lowest BCUT2D eigenvalue weighted by atomic mass is 10.1. The van der Waals surface area contributed by atoms with Crippen LogP contribution in [0.2, 0.25) is 0 Å². The topological polar surface area (TPSA) is 132 Å². The number of hydrogen-bond acceptors (Lipinski definition) is 7. The van der Waals surface area contributed by atoms with Crippen molar-refractivity contribution < 1.29 is 37.8 Å². The molecule has 2 aromatic rings. The van der Waals surface area contributed by atoms with Crippen molar-refractivity contribution >= 4 is 35.3 Å². The van der Waals surface area contributed by atoms with Crippen molar-refractivity contribution in [1.82, 2.24) is 15.8 Å². The number of nitrogens with zero attached hydrogens (tertiary/aromatic N) is 3. The molecule has 11 nitrogen and oxygen atoms in total. The Bertz CT molecular complexity index is 1200. The molecule has 0 radical (unpaired) electrons. The van der Waals surface area contributed by atoms with Gasteiger partial charge in [-0.25, -0.2) is 23.8 Å². The Kier molecular flexibility index (Phi) is 7.53. The van der Waals surface area contributed by atoms with Crippen LogP contribution in [-0.2, 0) is 9.53 Å². The van der Waals surface area contributed by atoms with E-state index in [2.05, 4.69) is 10.7 Å². The minimum atomic E-state index is -1.11. The molecule has 2 aliphatic heterocycles. The van der Waals surface area contributed by atoms with Crippen molar-refractivity contribution in [2.75, 3.05) is 49.1 Å². The van der Waals surface area contributed by atoms with Crippen LogP contribution in [0.15, 0.2) is 36.4 Å². The second-order valence-electron chi connectivity index (χ2n) is 8.55. The number of benzene rings is 2. The predicted octanol–water partition coefficient (Wildman–Crippen LogP) is 1.59. The normalized spacial score (nSPS) is 17.9. The van der Waals surface area contributed by atoms with Crippen LogP contribution < -0.4 is 20.5 Å². The van der Waals surface area contributed by atoms with Crippen LogP contribution in [0.1, 0.15) is 27.6 Å². The number of amides is 3. The summed E-state index contributed by atoms with van der Waals surface area (Å²) in [6.45, 7) is 2.05. The van der Waals surface area contributed by atoms with Gasteiger partial charge in [0.05, 0.1) is 30.9 Å². The molecule has 2 fully saturated rings. The molecule has 196 valence electrons. The van der Waals surface area contributed by atoms with E-state index in [9.17, 15) is 19.2 Å². The highest BCUT2D eigenvalue weighted by molar-refractivity contribution is 5.95. The molecule has 13 heteroatoms. The summed E-state index contributed by atoms with van der Waals surface area (Å²) in [4.78, 5) is 49.7. The molecular weight excluding hydrogens is 492 g/mol. The Morgan fingerprint density at radius 1 is 1.08 bits per heavy atom. The predicted molar refractivity (Wildman–Crippen MR) is 127 cm³/mol. The Morgan fingerprint density at radius 3 is 2.35 bits per heavy atom. The van der Waals surface area contributed by atoms with Crippen molar-refractivity contribution in [1.29, 1.82) is 0 Å². The lowest BCUT2D eigenvalue weighted by Gasteiger charge is -2.25. The number of hydrazine groups is 1. The summed E-state index contributed by atoms with van der Waals surface area (Å²) in [7, 11) is 0. The average molecular weight is 517 g/mol. The van der Waals surface area contributed by atoms with Crippen LogP contribution in [0.25, 0.3) is 0 Å². The minimum Gasteiger partial charge on any atom is -0.478 e. The third-order valence-corrected chi connectivity index (χ3v) is 5.98. The molecule has 0 aromatic heterocycles. The number of carboxylic acid groups (broad SMARTS) is 1. The molecule has 4 rings (SSSR count). The molecular formula is C24H25F2N5O6. The Labute approximate surface area is 210 Å². The molecule has 1 atom stereocenters. The van der Waals surface area contributed by atoms with Crippen LogP contribution in [0.5, 0.6) is 0 Å². The molecule has 0 spiro atoms. The van der Waals surface area contributed by atoms with Crippen LogP contribution in [0.4, 0.5) is 25.0 Å². The zero-order chi connectivity index (χ0) is 26.7. The first-order valence-electron chi connectivity index (χ1n) is 11.5. The highest BCUT2D eigenvalue weighted by Gasteiger charge is 2.34. The van der Waals surface area contributed by atoms with E-state index in [4.69, 9.17) is 9.84 Å². The van der Waals surface area contributed by atoms with Gasteiger partial charge in [0.2, 0.25) is 5.91 Å². The van der Waals surface area contributed by atoms with Crippen LogP contribution in [-0.4, -0.2) is 79.4 Å². The van der Waals surface area contributed by atoms with Gasteiger partial charge in [-0.3, -0.25) is 19.5 Å². The van der Waals surface area contributed by atoms with Gasteiger partial charge < -0.3 is 20.1 Å². The smallest absolute Gasteiger partial charge is 0.414 e. The number of anilines is 2. The molecule has 0 aliphatic carbocycles. The van der Waals surface area contributed by atoms with Crippen molar-refractivity contribution in [3.8, 4) is 0 Å². The molecule has 0 bridgehead atoms. The highest BCUT2D eigenvalue weighted by atomic mass is 19.1. The number of cyclic esters (lactones) is 1. The van der Waals surface area contributed by atoms with Gasteiger partial charge in [0, 0.05) is 44.3 Å². The molecule has 3 amide bonds. The fourth-order valence-electron chi connectivity index (χ4n) is 4.15. The quantitative estimate of drug-likeness (QED) is 0.527. The lowest BCUT2D eigenvalue weighted by Crippen LogP contribution is -2.43. The monoisotopic (exact) mass is 517 g/mol. The molecule has 0 unspecified atom stereocenters. The van der Waals surface area contributed by atoms with Gasteiger partial charge in [0.1, 0.15) is 11.8 Å². The van der Waals surface area contributed by atoms with Gasteiger partial charge in [0.15, 0.2) is 11.6 Å². The second-order valence-corrected chi connectivity index (χ2v) is 8.55. The fraction of sp³-hybridized carbons (Fsp3) is 0.333. The van der Waals surface area contributed by atoms with Crippen molar-refractivity contribution in [2.45, 2.75) is 13.0 Å². The summed E-state index contributed by atoms with van der Waals surface area (Å²) in [5, 5.41) is 12.9. The molecule has 3 N–H and O–H groups in total. The third-order valence-electron chi connectivity index (χ3n) is 5.98. The summed E-state index contributed by atoms with van der Waals surface area (Å²) in [5.41, 5.74) is 2.94. The number of carbonyl (C=O) groups is 4. The van der Waals surface area contributed by atoms with Crippen molar-refractivity contribution in [2.24, 2.45) is 0 Å². The molecule has 0 saturated carbocycles. The van der Waals surface area contributed by atoms with E-state index in [1.54, 1.807) is 0 Å². The SMILES string of the molecule is CC(=O)NC[C@H]1CN(c2cc(F)c(N3CCNN(C(=O)c4ccc(C(=O)O)cc4)CC3)c(F)c2)C(=O)O1. The Balaban J connectivity index is 1.44. The van der Waals surface area contributed by atoms with Gasteiger partial charge in [-0.1, -0.05) is 0 Å². The summed E-state index contributed by atoms with van der Waals surface area (Å²) in [6, 6.07) is 7.54. The molecule has 2 aromatic carbocycles. The maximum absolute atomic E-state index is 15.1. The van der Waals surface area contributed by atoms with Gasteiger partial charge in [-0.2, -0.15) is 0 Å². The number of aromatic carboxylic acids is 1. The maximum Gasteiger partial charge on any atom is 0.414 e. The first-order chi connectivity index (χ1) is 17.6. The van der Waals surface area contributed by atoms with Crippen LogP contribution >= 0.6 is 0 Å². The molecule has 2 heterocycles. The molecule has 2 aliphatic rings. The number of carbonyl (C=O) groups excluding carboxylic acids is 3. The highest BCUT2D eigenvalue weighted by Crippen LogP contribution is 2.31. The van der Waals surface area contributed by atoms with E-state index in [0.717, 1.165) is 17.0 Å². The summed E-state index contributed by atoms with van der Waals surface area (Å²) < 4.78 is 35.4. The standard InChI is InChI=1S/C24H25F2N5O6/c1-14(32)27-12-18-13-30(24(36)37-18)17-10-19(25)21(20(26)11-17)29-7-6-28-31(9-8-29)22(33)15-2-4-16(5-3-15)23(34)35/h2-5,10-11,18,28H,6-9,12-13H2,1H3,(H,27,32)(H,34,35)/t18-/m0/s1. The van der Waals surface area contributed by atoms with Crippen molar-refractivity contribution in [3.63, 3.8) is 0 Å². The van der Waals surface area contributed by atoms with E-state index < -0.39 is 35.7 Å². The van der Waals surface area contributed by atoms with E-state index >= 15 is 8.78 Å². The fourth-order valence-corrected chi connectivity index (χ4v) is 4.15. The number of hydrogen-bond donors (Lipinski definition) is 3. The number of carboxylic acids is 1. The minimum absolute atomic E-state index is 0.0105. The number of rotatable bonds is 6. The van der Waals surface area contributed by atoms with Gasteiger partial charge in [0.25, 0.3) is 5.91 Å². The average Bonchev–Trinajstić information content (AvgIpc) is 3.06. The maximum atomic E-state index is 15.1. The van der Waals surface area contributed by atoms with Crippen LogP contribution in [0, 0.1) is 11.6 Å². The first-order valence-corrected chi connectivity index (χ1v) is 11.5. The Morgan fingerprint density at radius 2 is 1.73 bits per heavy atom. The summed E-state index contributed by atoms with van der Waals surface area (Å²) >= 11 is 0. The van der Waals surface area contributed by atoms with E-state index in [1.807, 2.05) is 0 Å². The second kappa shape index (κ2) is 10.8. The van der Waals surface area contributed by atoms with Crippen molar-refractivity contribution in [3.05, 3.63) is 59.2 Å². The van der Waals surface area contributed by atoms with E-state index in [0.29, 0.717) is 0 Å². The number of nitrogens with one attached hydrogen (secondary N) is 2. The zero-order valence-electron chi connectivity index (χ0n) is 19.9. The summed E-state index contributed by atoms with van der Waals surface area (Å²) in [6.07, 6.45) is -1.42. The molecule has 37 heavy (non-hydrogen) atoms. The summed E-state index contributed by atoms with van der Waals surface area (Å²) in [5.74, 6) is -3.56. The van der Waals surface area contributed by atoms with Gasteiger partial charge >= 0.3 is 12.1 Å². The number of ether oxygens (including phenoxy) is 1. The Hall–Kier alpha value is -4.26.